The van der Waals surface area contributed by atoms with Crippen LogP contribution in [0.2, 0.25) is 0 Å². The largest absolute Gasteiger partial charge is 0.480 e. The Morgan fingerprint density at radius 3 is 2.53 bits per heavy atom. The Morgan fingerprint density at radius 2 is 2.05 bits per heavy atom. The van der Waals surface area contributed by atoms with E-state index >= 15 is 0 Å². The first-order valence-corrected chi connectivity index (χ1v) is 6.55. The van der Waals surface area contributed by atoms with Crippen LogP contribution in [0.1, 0.15) is 33.6 Å². The normalized spacial score (nSPS) is 21.9. The Hall–Kier alpha value is -1.52. The standard InChI is InChI=1S/C14H24N2O3/c1-10(2)9-15(5)13(19)16-8-6-7-14(3,4)11(16)12(17)18/h11H,1,6-9H2,2-5H3,(H,17,18). The zero-order chi connectivity index (χ0) is 14.8. The van der Waals surface area contributed by atoms with E-state index in [0.717, 1.165) is 18.4 Å². The van der Waals surface area contributed by atoms with E-state index < -0.39 is 17.4 Å². The molecule has 1 unspecified atom stereocenters. The zero-order valence-electron chi connectivity index (χ0n) is 12.3. The summed E-state index contributed by atoms with van der Waals surface area (Å²) in [6, 6.07) is -0.996. The first kappa shape index (κ1) is 15.5. The van der Waals surface area contributed by atoms with E-state index in [-0.39, 0.29) is 6.03 Å². The van der Waals surface area contributed by atoms with Crippen LogP contribution in [-0.4, -0.2) is 53.1 Å². The molecule has 5 heteroatoms. The van der Waals surface area contributed by atoms with Crippen molar-refractivity contribution in [1.82, 2.24) is 9.80 Å². The Labute approximate surface area is 114 Å². The monoisotopic (exact) mass is 268 g/mol. The van der Waals surface area contributed by atoms with Gasteiger partial charge in [-0.15, -0.1) is 0 Å². The number of carboxylic acid groups (broad SMARTS) is 1. The number of likely N-dealkylation sites (tertiary alicyclic amines) is 1. The number of aliphatic carboxylic acids is 1. The van der Waals surface area contributed by atoms with E-state index in [1.165, 1.54) is 9.80 Å². The van der Waals surface area contributed by atoms with Gasteiger partial charge in [0.05, 0.1) is 0 Å². The molecule has 0 aliphatic carbocycles. The highest BCUT2D eigenvalue weighted by Crippen LogP contribution is 2.35. The average molecular weight is 268 g/mol. The number of amides is 2. The van der Waals surface area contributed by atoms with Crippen molar-refractivity contribution >= 4 is 12.0 Å². The molecular weight excluding hydrogens is 244 g/mol. The second-order valence-electron chi connectivity index (χ2n) is 6.12. The maximum absolute atomic E-state index is 12.4. The van der Waals surface area contributed by atoms with Crippen molar-refractivity contribution < 1.29 is 14.7 Å². The minimum absolute atomic E-state index is 0.233. The summed E-state index contributed by atoms with van der Waals surface area (Å²) in [6.45, 7) is 10.4. The summed E-state index contributed by atoms with van der Waals surface area (Å²) in [5.74, 6) is -0.929. The highest BCUT2D eigenvalue weighted by atomic mass is 16.4. The van der Waals surface area contributed by atoms with Gasteiger partial charge in [0.1, 0.15) is 6.04 Å². The molecule has 0 bridgehead atoms. The number of nitrogens with zero attached hydrogens (tertiary/aromatic N) is 2. The van der Waals surface area contributed by atoms with Crippen molar-refractivity contribution in [1.29, 1.82) is 0 Å². The summed E-state index contributed by atoms with van der Waals surface area (Å²) in [7, 11) is 1.68. The maximum atomic E-state index is 12.4. The van der Waals surface area contributed by atoms with Gasteiger partial charge in [0.2, 0.25) is 0 Å². The molecule has 19 heavy (non-hydrogen) atoms. The van der Waals surface area contributed by atoms with Gasteiger partial charge < -0.3 is 14.9 Å². The number of carboxylic acids is 1. The van der Waals surface area contributed by atoms with Gasteiger partial charge in [-0.1, -0.05) is 26.0 Å². The van der Waals surface area contributed by atoms with Crippen LogP contribution in [0.3, 0.4) is 0 Å². The van der Waals surface area contributed by atoms with Crippen LogP contribution in [0.15, 0.2) is 12.2 Å². The summed E-state index contributed by atoms with van der Waals surface area (Å²) in [6.07, 6.45) is 1.65. The number of piperidine rings is 1. The number of carbonyl (C=O) groups excluding carboxylic acids is 1. The molecule has 1 aliphatic rings. The molecule has 1 atom stereocenters. The minimum atomic E-state index is -0.929. The molecule has 0 aromatic heterocycles. The first-order valence-electron chi connectivity index (χ1n) is 6.55. The number of rotatable bonds is 3. The maximum Gasteiger partial charge on any atom is 0.327 e. The number of urea groups is 1. The molecule has 1 heterocycles. The number of carbonyl (C=O) groups is 2. The zero-order valence-corrected chi connectivity index (χ0v) is 12.3. The summed E-state index contributed by atoms with van der Waals surface area (Å²) in [4.78, 5) is 26.9. The molecular formula is C14H24N2O3. The van der Waals surface area contributed by atoms with E-state index in [1.54, 1.807) is 7.05 Å². The predicted molar refractivity (Wildman–Crippen MR) is 74.0 cm³/mol. The lowest BCUT2D eigenvalue weighted by Gasteiger charge is -2.45. The molecule has 2 amide bonds. The van der Waals surface area contributed by atoms with Crippen molar-refractivity contribution in [2.75, 3.05) is 20.1 Å². The van der Waals surface area contributed by atoms with Gasteiger partial charge in [0.15, 0.2) is 0 Å². The molecule has 108 valence electrons. The van der Waals surface area contributed by atoms with Crippen LogP contribution >= 0.6 is 0 Å². The fraction of sp³-hybridized carbons (Fsp3) is 0.714. The molecule has 1 fully saturated rings. The molecule has 1 aliphatic heterocycles. The quantitative estimate of drug-likeness (QED) is 0.798. The Balaban J connectivity index is 2.93. The highest BCUT2D eigenvalue weighted by molar-refractivity contribution is 5.83. The second kappa shape index (κ2) is 5.63. The molecule has 5 nitrogen and oxygen atoms in total. The first-order chi connectivity index (χ1) is 8.66. The summed E-state index contributed by atoms with van der Waals surface area (Å²) in [5, 5.41) is 9.43. The predicted octanol–water partition coefficient (Wildman–Crippen LogP) is 2.19. The van der Waals surface area contributed by atoms with Crippen molar-refractivity contribution in [3.8, 4) is 0 Å². The molecule has 0 aromatic carbocycles. The lowest BCUT2D eigenvalue weighted by molar-refractivity contribution is -0.148. The van der Waals surface area contributed by atoms with Gasteiger partial charge in [-0.05, 0) is 25.2 Å². The molecule has 1 saturated heterocycles. The van der Waals surface area contributed by atoms with E-state index in [1.807, 2.05) is 20.8 Å². The van der Waals surface area contributed by atoms with Crippen molar-refractivity contribution in [3.05, 3.63) is 12.2 Å². The van der Waals surface area contributed by atoms with Gasteiger partial charge in [-0.2, -0.15) is 0 Å². The summed E-state index contributed by atoms with van der Waals surface area (Å²) < 4.78 is 0. The van der Waals surface area contributed by atoms with Crippen LogP contribution in [0.4, 0.5) is 4.79 Å². The Morgan fingerprint density at radius 1 is 1.47 bits per heavy atom. The SMILES string of the molecule is C=C(C)CN(C)C(=O)N1CCCC(C)(C)C1C(=O)O. The van der Waals surface area contributed by atoms with E-state index in [9.17, 15) is 14.7 Å². The molecule has 1 N–H and O–H groups in total. The highest BCUT2D eigenvalue weighted by Gasteiger charge is 2.45. The van der Waals surface area contributed by atoms with Crippen molar-refractivity contribution in [2.24, 2.45) is 5.41 Å². The van der Waals surface area contributed by atoms with E-state index in [2.05, 4.69) is 6.58 Å². The number of hydrogen-bond donors (Lipinski definition) is 1. The average Bonchev–Trinajstić information content (AvgIpc) is 2.24. The number of hydrogen-bond acceptors (Lipinski definition) is 2. The molecule has 0 spiro atoms. The minimum Gasteiger partial charge on any atom is -0.480 e. The topological polar surface area (TPSA) is 60.9 Å². The molecule has 0 saturated carbocycles. The fourth-order valence-electron chi connectivity index (χ4n) is 2.76. The summed E-state index contributed by atoms with van der Waals surface area (Å²) in [5.41, 5.74) is 0.475. The Bertz CT molecular complexity index is 390. The number of likely N-dealkylation sites (N-methyl/N-ethyl adjacent to an activating group) is 1. The third kappa shape index (κ3) is 3.49. The smallest absolute Gasteiger partial charge is 0.327 e. The van der Waals surface area contributed by atoms with E-state index in [4.69, 9.17) is 0 Å². The lowest BCUT2D eigenvalue weighted by atomic mass is 9.76. The van der Waals surface area contributed by atoms with Crippen LogP contribution in [0, 0.1) is 5.41 Å². The van der Waals surface area contributed by atoms with Crippen LogP contribution in [0.25, 0.3) is 0 Å². The van der Waals surface area contributed by atoms with E-state index in [0.29, 0.717) is 13.1 Å². The second-order valence-corrected chi connectivity index (χ2v) is 6.12. The van der Waals surface area contributed by atoms with Crippen molar-refractivity contribution in [2.45, 2.75) is 39.7 Å². The third-order valence-corrected chi connectivity index (χ3v) is 3.59. The molecule has 1 rings (SSSR count). The third-order valence-electron chi connectivity index (χ3n) is 3.59. The van der Waals surface area contributed by atoms with Gasteiger partial charge >= 0.3 is 12.0 Å². The van der Waals surface area contributed by atoms with Crippen LogP contribution in [-0.2, 0) is 4.79 Å². The van der Waals surface area contributed by atoms with Crippen LogP contribution < -0.4 is 0 Å². The lowest BCUT2D eigenvalue weighted by Crippen LogP contribution is -2.58. The fourth-order valence-corrected chi connectivity index (χ4v) is 2.76. The van der Waals surface area contributed by atoms with Crippen LogP contribution in [0.5, 0.6) is 0 Å². The van der Waals surface area contributed by atoms with Crippen molar-refractivity contribution in [3.63, 3.8) is 0 Å². The molecule has 0 aromatic rings. The van der Waals surface area contributed by atoms with Gasteiger partial charge in [0.25, 0.3) is 0 Å². The van der Waals surface area contributed by atoms with Gasteiger partial charge in [-0.25, -0.2) is 9.59 Å². The summed E-state index contributed by atoms with van der Waals surface area (Å²) >= 11 is 0. The Kier molecular flexibility index (Phi) is 4.61. The van der Waals surface area contributed by atoms with Gasteiger partial charge in [0, 0.05) is 20.1 Å². The van der Waals surface area contributed by atoms with Gasteiger partial charge in [-0.3, -0.25) is 0 Å². The molecule has 0 radical (unpaired) electrons.